The summed E-state index contributed by atoms with van der Waals surface area (Å²) in [5, 5.41) is 14.5. The number of aliphatic hydroxyl groups excluding tert-OH is 1. The Hall–Kier alpha value is -3.04. The standard InChI is InChI=1S/C30H36F2N4O3/c1-2-34-13-14-36(18-26(37)24-15-20-5-3-4-6-22(20)17-33-24)28(39)23-8-7-21(16-25(23)34)27(38)35-11-9-29(10-12-35)19-30(29,31)32/h3-8,16,24,26,33,37H,2,9-15,17-19H2,1H3/t24-,26+/m0/s1. The first kappa shape index (κ1) is 26.2. The summed E-state index contributed by atoms with van der Waals surface area (Å²) in [4.78, 5) is 32.4. The van der Waals surface area contributed by atoms with Gasteiger partial charge in [0.05, 0.1) is 17.4 Å². The van der Waals surface area contributed by atoms with E-state index in [1.54, 1.807) is 28.0 Å². The van der Waals surface area contributed by atoms with Gasteiger partial charge in [-0.15, -0.1) is 0 Å². The first-order valence-electron chi connectivity index (χ1n) is 14.0. The molecule has 4 aliphatic rings. The second-order valence-electron chi connectivity index (χ2n) is 11.5. The number of carbonyl (C=O) groups excluding carboxylic acids is 2. The number of anilines is 1. The number of amides is 2. The average Bonchev–Trinajstić information content (AvgIpc) is 3.53. The van der Waals surface area contributed by atoms with Crippen molar-refractivity contribution in [1.29, 1.82) is 0 Å². The summed E-state index contributed by atoms with van der Waals surface area (Å²) in [5.74, 6) is -2.93. The van der Waals surface area contributed by atoms with Gasteiger partial charge >= 0.3 is 0 Å². The number of hydrogen-bond donors (Lipinski definition) is 2. The molecule has 3 heterocycles. The van der Waals surface area contributed by atoms with Crippen molar-refractivity contribution in [2.45, 2.75) is 57.2 Å². The molecule has 208 valence electrons. The molecule has 1 spiro atoms. The molecule has 0 aromatic heterocycles. The molecule has 2 atom stereocenters. The van der Waals surface area contributed by atoms with E-state index in [0.29, 0.717) is 75.3 Å². The number of alkyl halides is 2. The number of β-amino-alcohol motifs (C(OH)–C–C–N with tert-alkyl or cyclic N) is 1. The Morgan fingerprint density at radius 1 is 1.08 bits per heavy atom. The van der Waals surface area contributed by atoms with Crippen LogP contribution in [0.25, 0.3) is 0 Å². The molecule has 2 aromatic rings. The first-order chi connectivity index (χ1) is 18.7. The highest BCUT2D eigenvalue weighted by atomic mass is 19.3. The van der Waals surface area contributed by atoms with E-state index in [1.165, 1.54) is 11.1 Å². The Labute approximate surface area is 227 Å². The molecule has 2 N–H and O–H groups in total. The van der Waals surface area contributed by atoms with Crippen LogP contribution in [0.3, 0.4) is 0 Å². The van der Waals surface area contributed by atoms with Gasteiger partial charge in [0.25, 0.3) is 17.7 Å². The van der Waals surface area contributed by atoms with Gasteiger partial charge in [0, 0.05) is 69.3 Å². The highest BCUT2D eigenvalue weighted by Gasteiger charge is 2.70. The number of benzene rings is 2. The zero-order chi connectivity index (χ0) is 27.4. The van der Waals surface area contributed by atoms with Gasteiger partial charge in [-0.25, -0.2) is 8.78 Å². The minimum absolute atomic E-state index is 0.0657. The highest BCUT2D eigenvalue weighted by molar-refractivity contribution is 6.03. The fraction of sp³-hybridized carbons (Fsp3) is 0.533. The summed E-state index contributed by atoms with van der Waals surface area (Å²) in [6.45, 7) is 5.29. The molecular weight excluding hydrogens is 502 g/mol. The molecule has 0 radical (unpaired) electrons. The Morgan fingerprint density at radius 3 is 2.46 bits per heavy atom. The molecule has 1 saturated heterocycles. The third-order valence-corrected chi connectivity index (χ3v) is 9.33. The Morgan fingerprint density at radius 2 is 1.77 bits per heavy atom. The first-order valence-corrected chi connectivity index (χ1v) is 14.0. The Kier molecular flexibility index (Phi) is 6.62. The maximum Gasteiger partial charge on any atom is 0.256 e. The molecule has 3 aliphatic heterocycles. The summed E-state index contributed by atoms with van der Waals surface area (Å²) in [6, 6.07) is 13.2. The van der Waals surface area contributed by atoms with Crippen molar-refractivity contribution in [3.05, 3.63) is 64.7 Å². The number of piperidine rings is 1. The summed E-state index contributed by atoms with van der Waals surface area (Å²) < 4.78 is 27.6. The van der Waals surface area contributed by atoms with Gasteiger partial charge in [-0.05, 0) is 55.5 Å². The third kappa shape index (κ3) is 4.69. The zero-order valence-electron chi connectivity index (χ0n) is 22.3. The molecule has 2 amide bonds. The van der Waals surface area contributed by atoms with Crippen molar-refractivity contribution in [2.75, 3.05) is 44.2 Å². The van der Waals surface area contributed by atoms with Crippen LogP contribution in [-0.4, -0.2) is 84.1 Å². The molecule has 0 unspecified atom stereocenters. The normalized spacial score (nSPS) is 24.2. The summed E-state index contributed by atoms with van der Waals surface area (Å²) >= 11 is 0. The number of rotatable bonds is 5. The van der Waals surface area contributed by atoms with Crippen LogP contribution in [0.2, 0.25) is 0 Å². The van der Waals surface area contributed by atoms with Gasteiger partial charge in [0.1, 0.15) is 0 Å². The molecule has 9 heteroatoms. The van der Waals surface area contributed by atoms with E-state index in [0.717, 1.165) is 0 Å². The van der Waals surface area contributed by atoms with Gasteiger partial charge in [0.2, 0.25) is 0 Å². The predicted molar refractivity (Wildman–Crippen MR) is 144 cm³/mol. The van der Waals surface area contributed by atoms with Crippen LogP contribution in [0.5, 0.6) is 0 Å². The van der Waals surface area contributed by atoms with Crippen molar-refractivity contribution in [1.82, 2.24) is 15.1 Å². The number of halogens is 2. The minimum Gasteiger partial charge on any atom is -0.390 e. The quantitative estimate of drug-likeness (QED) is 0.611. The molecule has 1 aliphatic carbocycles. The number of hydrogen-bond acceptors (Lipinski definition) is 5. The Bertz CT molecular complexity index is 1280. The zero-order valence-corrected chi connectivity index (χ0v) is 22.3. The van der Waals surface area contributed by atoms with E-state index >= 15 is 0 Å². The van der Waals surface area contributed by atoms with E-state index in [4.69, 9.17) is 0 Å². The summed E-state index contributed by atoms with van der Waals surface area (Å²) in [6.07, 6.45) is 0.576. The highest BCUT2D eigenvalue weighted by Crippen LogP contribution is 2.65. The lowest BCUT2D eigenvalue weighted by molar-refractivity contribution is 0.0284. The van der Waals surface area contributed by atoms with Crippen LogP contribution in [0.4, 0.5) is 14.5 Å². The Balaban J connectivity index is 1.16. The SMILES string of the molecule is CCN1CCN(C[C@@H](O)[C@@H]2Cc3ccccc3CN2)C(=O)c2ccc(C(=O)N3CCC4(CC3)CC4(F)F)cc21. The summed E-state index contributed by atoms with van der Waals surface area (Å²) in [5.41, 5.74) is 3.23. The molecule has 7 nitrogen and oxygen atoms in total. The van der Waals surface area contributed by atoms with Gasteiger partial charge in [-0.1, -0.05) is 24.3 Å². The molecule has 0 bridgehead atoms. The van der Waals surface area contributed by atoms with E-state index in [2.05, 4.69) is 22.3 Å². The van der Waals surface area contributed by atoms with E-state index in [9.17, 15) is 23.5 Å². The maximum atomic E-state index is 13.8. The molecule has 1 saturated carbocycles. The van der Waals surface area contributed by atoms with Gasteiger partial charge < -0.3 is 25.1 Å². The van der Waals surface area contributed by atoms with E-state index in [-0.39, 0.29) is 30.8 Å². The number of aliphatic hydroxyl groups is 1. The van der Waals surface area contributed by atoms with Gasteiger partial charge in [-0.3, -0.25) is 9.59 Å². The molecular formula is C30H36F2N4O3. The predicted octanol–water partition coefficient (Wildman–Crippen LogP) is 3.31. The monoisotopic (exact) mass is 538 g/mol. The molecule has 2 fully saturated rings. The van der Waals surface area contributed by atoms with E-state index in [1.807, 2.05) is 19.1 Å². The van der Waals surface area contributed by atoms with Gasteiger partial charge in [0.15, 0.2) is 0 Å². The summed E-state index contributed by atoms with van der Waals surface area (Å²) in [7, 11) is 0. The van der Waals surface area contributed by atoms with Gasteiger partial charge in [-0.2, -0.15) is 0 Å². The second-order valence-corrected chi connectivity index (χ2v) is 11.5. The number of nitrogens with one attached hydrogen (secondary N) is 1. The number of fused-ring (bicyclic) bond motifs is 2. The fourth-order valence-electron chi connectivity index (χ4n) is 6.59. The third-order valence-electron chi connectivity index (χ3n) is 9.33. The molecule has 39 heavy (non-hydrogen) atoms. The smallest absolute Gasteiger partial charge is 0.256 e. The van der Waals surface area contributed by atoms with Crippen LogP contribution < -0.4 is 10.2 Å². The lowest BCUT2D eigenvalue weighted by atomic mass is 9.92. The van der Waals surface area contributed by atoms with E-state index < -0.39 is 17.4 Å². The van der Waals surface area contributed by atoms with Crippen molar-refractivity contribution in [3.63, 3.8) is 0 Å². The topological polar surface area (TPSA) is 76.1 Å². The maximum absolute atomic E-state index is 13.8. The van der Waals surface area contributed by atoms with Crippen LogP contribution >= 0.6 is 0 Å². The number of likely N-dealkylation sites (tertiary alicyclic amines) is 1. The van der Waals surface area contributed by atoms with Crippen molar-refractivity contribution in [3.8, 4) is 0 Å². The largest absolute Gasteiger partial charge is 0.390 e. The van der Waals surface area contributed by atoms with Crippen LogP contribution in [0, 0.1) is 5.41 Å². The lowest BCUT2D eigenvalue weighted by Crippen LogP contribution is -2.50. The lowest BCUT2D eigenvalue weighted by Gasteiger charge is -2.33. The van der Waals surface area contributed by atoms with Crippen LogP contribution in [0.15, 0.2) is 42.5 Å². The number of nitrogens with zero attached hydrogens (tertiary/aromatic N) is 3. The van der Waals surface area contributed by atoms with Crippen molar-refractivity contribution < 1.29 is 23.5 Å². The van der Waals surface area contributed by atoms with Crippen LogP contribution in [0.1, 0.15) is 58.0 Å². The minimum atomic E-state index is -2.59. The second kappa shape index (κ2) is 9.86. The molecule has 6 rings (SSSR count). The number of likely N-dealkylation sites (N-methyl/N-ethyl adjacent to an activating group) is 1. The average molecular weight is 539 g/mol. The molecule has 2 aromatic carbocycles. The van der Waals surface area contributed by atoms with Crippen molar-refractivity contribution in [2.24, 2.45) is 5.41 Å². The van der Waals surface area contributed by atoms with Crippen LogP contribution in [-0.2, 0) is 13.0 Å². The number of carbonyl (C=O) groups is 2. The fourth-order valence-corrected chi connectivity index (χ4v) is 6.59. The van der Waals surface area contributed by atoms with Crippen molar-refractivity contribution >= 4 is 17.5 Å².